The molecule has 114 valence electrons. The summed E-state index contributed by atoms with van der Waals surface area (Å²) in [6.07, 6.45) is 0.773. The van der Waals surface area contributed by atoms with E-state index in [-0.39, 0.29) is 12.3 Å². The molecule has 2 aromatic heterocycles. The van der Waals surface area contributed by atoms with Gasteiger partial charge in [0.1, 0.15) is 11.3 Å². The Hall–Kier alpha value is -1.82. The number of carbonyl (C=O) groups is 1. The average Bonchev–Trinajstić information content (AvgIpc) is 2.75. The van der Waals surface area contributed by atoms with Crippen LogP contribution in [0.2, 0.25) is 0 Å². The lowest BCUT2D eigenvalue weighted by atomic mass is 9.99. The summed E-state index contributed by atoms with van der Waals surface area (Å²) < 4.78 is 7.10. The molecule has 2 aromatic rings. The lowest BCUT2D eigenvalue weighted by Gasteiger charge is -2.27. The molecule has 0 fully saturated rings. The Morgan fingerprint density at radius 3 is 2.71 bits per heavy atom. The zero-order valence-corrected chi connectivity index (χ0v) is 13.1. The first-order valence-corrected chi connectivity index (χ1v) is 7.19. The number of pyridine rings is 1. The Bertz CT molecular complexity index is 666. The number of nitrogens with zero attached hydrogens (tertiary/aromatic N) is 3. The fraction of sp³-hybridized carbons (Fsp3) is 0.500. The van der Waals surface area contributed by atoms with Gasteiger partial charge in [-0.15, -0.1) is 11.6 Å². The van der Waals surface area contributed by atoms with Crippen molar-refractivity contribution in [3.63, 3.8) is 0 Å². The number of nitrogens with two attached hydrogens (primary N) is 1. The number of amides is 1. The molecule has 7 heteroatoms. The van der Waals surface area contributed by atoms with Crippen LogP contribution in [0.1, 0.15) is 26.1 Å². The van der Waals surface area contributed by atoms with Gasteiger partial charge in [-0.1, -0.05) is 0 Å². The number of primary amides is 1. The zero-order valence-electron chi connectivity index (χ0n) is 12.4. The number of methoxy groups -OCH3 is 1. The molecule has 0 spiro atoms. The van der Waals surface area contributed by atoms with E-state index >= 15 is 0 Å². The van der Waals surface area contributed by atoms with Gasteiger partial charge in [0.25, 0.3) is 0 Å². The van der Waals surface area contributed by atoms with Gasteiger partial charge in [0, 0.05) is 24.8 Å². The third-order valence-corrected chi connectivity index (χ3v) is 3.48. The van der Waals surface area contributed by atoms with E-state index in [9.17, 15) is 4.79 Å². The van der Waals surface area contributed by atoms with Crippen LogP contribution in [-0.2, 0) is 16.8 Å². The molecule has 1 amide bonds. The van der Waals surface area contributed by atoms with Crippen LogP contribution in [0.5, 0.6) is 5.88 Å². The topological polar surface area (TPSA) is 83.0 Å². The highest BCUT2D eigenvalue weighted by molar-refractivity contribution is 6.17. The average molecular weight is 311 g/mol. The van der Waals surface area contributed by atoms with Crippen molar-refractivity contribution in [2.75, 3.05) is 13.0 Å². The van der Waals surface area contributed by atoms with E-state index in [0.29, 0.717) is 23.8 Å². The molecule has 0 aliphatic heterocycles. The van der Waals surface area contributed by atoms with Crippen molar-refractivity contribution in [2.24, 2.45) is 5.73 Å². The molecule has 0 unspecified atom stereocenters. The third-order valence-electron chi connectivity index (χ3n) is 3.29. The standard InChI is InChI=1S/C14H19ClN4O2/c1-14(2,8-10(16)20)19-11(6-7-15)17-9-4-5-12(21-3)18-13(9)19/h4-5H,6-8H2,1-3H3,(H2,16,20). The number of aryl methyl sites for hydroxylation is 1. The summed E-state index contributed by atoms with van der Waals surface area (Å²) in [6, 6.07) is 3.60. The lowest BCUT2D eigenvalue weighted by Crippen LogP contribution is -2.33. The Morgan fingerprint density at radius 2 is 2.14 bits per heavy atom. The zero-order chi connectivity index (χ0) is 15.6. The van der Waals surface area contributed by atoms with Gasteiger partial charge in [-0.05, 0) is 19.9 Å². The van der Waals surface area contributed by atoms with Crippen molar-refractivity contribution in [1.29, 1.82) is 0 Å². The Balaban J connectivity index is 2.66. The number of imidazole rings is 1. The minimum absolute atomic E-state index is 0.187. The van der Waals surface area contributed by atoms with Crippen molar-refractivity contribution in [2.45, 2.75) is 32.2 Å². The van der Waals surface area contributed by atoms with Gasteiger partial charge in [-0.2, -0.15) is 4.98 Å². The number of alkyl halides is 1. The smallest absolute Gasteiger partial charge is 0.219 e. The van der Waals surface area contributed by atoms with Crippen molar-refractivity contribution in [3.8, 4) is 5.88 Å². The molecule has 0 bridgehead atoms. The summed E-state index contributed by atoms with van der Waals surface area (Å²) in [7, 11) is 1.56. The van der Waals surface area contributed by atoms with Crippen molar-refractivity contribution in [3.05, 3.63) is 18.0 Å². The van der Waals surface area contributed by atoms with Gasteiger partial charge in [-0.25, -0.2) is 4.98 Å². The van der Waals surface area contributed by atoms with E-state index in [0.717, 1.165) is 11.3 Å². The summed E-state index contributed by atoms with van der Waals surface area (Å²) in [5.74, 6) is 1.34. The second kappa shape index (κ2) is 5.89. The van der Waals surface area contributed by atoms with E-state index in [1.165, 1.54) is 0 Å². The predicted octanol–water partition coefficient (Wildman–Crippen LogP) is 1.83. The molecule has 0 aliphatic rings. The molecule has 0 saturated carbocycles. The van der Waals surface area contributed by atoms with Gasteiger partial charge in [0.05, 0.1) is 12.6 Å². The quantitative estimate of drug-likeness (QED) is 0.825. The maximum Gasteiger partial charge on any atom is 0.219 e. The van der Waals surface area contributed by atoms with E-state index in [1.807, 2.05) is 24.5 Å². The number of hydrogen-bond donors (Lipinski definition) is 1. The maximum atomic E-state index is 11.4. The first kappa shape index (κ1) is 15.6. The van der Waals surface area contributed by atoms with Crippen LogP contribution in [0.4, 0.5) is 0 Å². The van der Waals surface area contributed by atoms with Crippen LogP contribution < -0.4 is 10.5 Å². The van der Waals surface area contributed by atoms with E-state index in [2.05, 4.69) is 9.97 Å². The fourth-order valence-corrected chi connectivity index (χ4v) is 2.66. The summed E-state index contributed by atoms with van der Waals surface area (Å²) in [6.45, 7) is 3.86. The van der Waals surface area contributed by atoms with Crippen LogP contribution in [0, 0.1) is 0 Å². The first-order chi connectivity index (χ1) is 9.89. The highest BCUT2D eigenvalue weighted by Gasteiger charge is 2.28. The Labute approximate surface area is 128 Å². The van der Waals surface area contributed by atoms with Crippen molar-refractivity contribution >= 4 is 28.7 Å². The molecule has 2 rings (SSSR count). The summed E-state index contributed by atoms with van der Waals surface area (Å²) in [4.78, 5) is 20.4. The number of carbonyl (C=O) groups excluding carboxylic acids is 1. The largest absolute Gasteiger partial charge is 0.481 e. The fourth-order valence-electron chi connectivity index (χ4n) is 2.49. The highest BCUT2D eigenvalue weighted by Crippen LogP contribution is 2.28. The van der Waals surface area contributed by atoms with Crippen molar-refractivity contribution in [1.82, 2.24) is 14.5 Å². The molecule has 0 aliphatic carbocycles. The Morgan fingerprint density at radius 1 is 1.43 bits per heavy atom. The van der Waals surface area contributed by atoms with Gasteiger partial charge >= 0.3 is 0 Å². The van der Waals surface area contributed by atoms with Crippen LogP contribution in [-0.4, -0.2) is 33.4 Å². The Kier molecular flexibility index (Phi) is 4.37. The molecule has 2 heterocycles. The van der Waals surface area contributed by atoms with Gasteiger partial charge in [0.2, 0.25) is 11.8 Å². The third kappa shape index (κ3) is 3.10. The van der Waals surface area contributed by atoms with E-state index in [1.54, 1.807) is 13.2 Å². The molecular weight excluding hydrogens is 292 g/mol. The molecule has 0 aromatic carbocycles. The van der Waals surface area contributed by atoms with E-state index < -0.39 is 5.54 Å². The van der Waals surface area contributed by atoms with Gasteiger partial charge < -0.3 is 15.0 Å². The molecule has 0 saturated heterocycles. The van der Waals surface area contributed by atoms with E-state index in [4.69, 9.17) is 22.1 Å². The predicted molar refractivity (Wildman–Crippen MR) is 81.6 cm³/mol. The number of ether oxygens (including phenoxy) is 1. The number of fused-ring (bicyclic) bond motifs is 1. The number of hydrogen-bond acceptors (Lipinski definition) is 4. The van der Waals surface area contributed by atoms with Gasteiger partial charge in [-0.3, -0.25) is 4.79 Å². The minimum atomic E-state index is -0.540. The normalized spacial score (nSPS) is 11.8. The molecule has 21 heavy (non-hydrogen) atoms. The first-order valence-electron chi connectivity index (χ1n) is 6.66. The maximum absolute atomic E-state index is 11.4. The van der Waals surface area contributed by atoms with Crippen LogP contribution in [0.25, 0.3) is 11.2 Å². The number of halogens is 1. The summed E-state index contributed by atoms with van der Waals surface area (Å²) in [5, 5.41) is 0. The second-order valence-electron chi connectivity index (χ2n) is 5.45. The molecule has 0 radical (unpaired) electrons. The second-order valence-corrected chi connectivity index (χ2v) is 5.83. The molecule has 2 N–H and O–H groups in total. The monoisotopic (exact) mass is 310 g/mol. The van der Waals surface area contributed by atoms with Crippen LogP contribution >= 0.6 is 11.6 Å². The number of rotatable bonds is 6. The molecule has 0 atom stereocenters. The highest BCUT2D eigenvalue weighted by atomic mass is 35.5. The molecular formula is C14H19ClN4O2. The van der Waals surface area contributed by atoms with Crippen molar-refractivity contribution < 1.29 is 9.53 Å². The minimum Gasteiger partial charge on any atom is -0.481 e. The molecule has 6 nitrogen and oxygen atoms in total. The summed E-state index contributed by atoms with van der Waals surface area (Å²) in [5.41, 5.74) is 6.24. The number of aromatic nitrogens is 3. The van der Waals surface area contributed by atoms with Gasteiger partial charge in [0.15, 0.2) is 5.65 Å². The van der Waals surface area contributed by atoms with Crippen LogP contribution in [0.3, 0.4) is 0 Å². The summed E-state index contributed by atoms with van der Waals surface area (Å²) >= 11 is 5.86. The van der Waals surface area contributed by atoms with Crippen LogP contribution in [0.15, 0.2) is 12.1 Å². The SMILES string of the molecule is COc1ccc2nc(CCCl)n(C(C)(C)CC(N)=O)c2n1. The lowest BCUT2D eigenvalue weighted by molar-refractivity contribution is -0.119.